The van der Waals surface area contributed by atoms with Gasteiger partial charge in [0.1, 0.15) is 18.2 Å². The van der Waals surface area contributed by atoms with Crippen molar-refractivity contribution in [3.8, 4) is 11.5 Å². The summed E-state index contributed by atoms with van der Waals surface area (Å²) in [6, 6.07) is 10.2. The van der Waals surface area contributed by atoms with Crippen molar-refractivity contribution in [3.05, 3.63) is 73.3 Å². The van der Waals surface area contributed by atoms with E-state index in [1.165, 1.54) is 4.88 Å². The van der Waals surface area contributed by atoms with Gasteiger partial charge in [-0.05, 0) is 47.9 Å². The summed E-state index contributed by atoms with van der Waals surface area (Å²) in [7, 11) is 0. The fraction of sp³-hybridized carbons (Fsp3) is 0.227. The molecule has 2 aliphatic rings. The number of thiophene rings is 2. The zero-order chi connectivity index (χ0) is 19.1. The minimum Gasteiger partial charge on any atom is -0.478 e. The topological polar surface area (TPSA) is 38.8 Å². The van der Waals surface area contributed by atoms with Crippen molar-refractivity contribution in [2.75, 3.05) is 13.3 Å². The number of Topliss-reactive ketones (excluding diaryl/α,β-unsaturated/α-hetero) is 1. The van der Waals surface area contributed by atoms with Gasteiger partial charge in [-0.15, -0.1) is 22.7 Å². The van der Waals surface area contributed by atoms with Crippen LogP contribution < -0.4 is 9.47 Å². The molecule has 3 aromatic rings. The summed E-state index contributed by atoms with van der Waals surface area (Å²) in [5, 5.41) is 4.10. The van der Waals surface area contributed by atoms with Gasteiger partial charge in [0.15, 0.2) is 5.76 Å². The molecule has 28 heavy (non-hydrogen) atoms. The average molecular weight is 410 g/mol. The van der Waals surface area contributed by atoms with E-state index in [2.05, 4.69) is 22.4 Å². The molecule has 0 amide bonds. The average Bonchev–Trinajstić information content (AvgIpc) is 3.44. The predicted molar refractivity (Wildman–Crippen MR) is 112 cm³/mol. The number of rotatable bonds is 4. The number of allylic oxidation sites excluding steroid dienone is 1. The summed E-state index contributed by atoms with van der Waals surface area (Å²) < 4.78 is 12.1. The molecule has 0 spiro atoms. The first kappa shape index (κ1) is 17.7. The number of benzene rings is 1. The van der Waals surface area contributed by atoms with Crippen LogP contribution in [-0.4, -0.2) is 24.0 Å². The molecule has 0 saturated heterocycles. The van der Waals surface area contributed by atoms with E-state index in [9.17, 15) is 4.79 Å². The van der Waals surface area contributed by atoms with Gasteiger partial charge in [-0.3, -0.25) is 9.69 Å². The Bertz CT molecular complexity index is 1050. The highest BCUT2D eigenvalue weighted by atomic mass is 32.1. The summed E-state index contributed by atoms with van der Waals surface area (Å²) in [5.74, 6) is 1.85. The Labute approximate surface area is 171 Å². The largest absolute Gasteiger partial charge is 0.478 e. The van der Waals surface area contributed by atoms with Crippen molar-refractivity contribution < 1.29 is 14.3 Å². The third kappa shape index (κ3) is 3.17. The van der Waals surface area contributed by atoms with Crippen LogP contribution in [-0.2, 0) is 13.0 Å². The molecule has 1 aromatic carbocycles. The van der Waals surface area contributed by atoms with Crippen LogP contribution in [0, 0.1) is 6.92 Å². The quantitative estimate of drug-likeness (QED) is 0.560. The molecule has 2 aromatic heterocycles. The number of aryl methyl sites for hydroxylation is 1. The zero-order valence-corrected chi connectivity index (χ0v) is 17.1. The molecule has 5 rings (SSSR count). The Hall–Kier alpha value is -2.41. The summed E-state index contributed by atoms with van der Waals surface area (Å²) in [4.78, 5) is 17.6. The van der Waals surface area contributed by atoms with Crippen LogP contribution in [0.3, 0.4) is 0 Å². The smallest absolute Gasteiger partial charge is 0.232 e. The summed E-state index contributed by atoms with van der Waals surface area (Å²) >= 11 is 3.37. The summed E-state index contributed by atoms with van der Waals surface area (Å²) in [6.45, 7) is 4.14. The van der Waals surface area contributed by atoms with Gasteiger partial charge < -0.3 is 9.47 Å². The van der Waals surface area contributed by atoms with Crippen molar-refractivity contribution in [3.63, 3.8) is 0 Å². The van der Waals surface area contributed by atoms with Crippen molar-refractivity contribution in [1.29, 1.82) is 0 Å². The van der Waals surface area contributed by atoms with Gasteiger partial charge in [-0.1, -0.05) is 12.1 Å². The van der Waals surface area contributed by atoms with E-state index in [0.29, 0.717) is 23.8 Å². The molecule has 4 nitrogen and oxygen atoms in total. The molecule has 4 heterocycles. The van der Waals surface area contributed by atoms with E-state index < -0.39 is 0 Å². The SMILES string of the molecule is Cc1cc2c(c3c1C(=O)/C(=C/c1cccs1)O3)CN(CCc1cccs1)CO2. The minimum atomic E-state index is -0.0422. The molecule has 0 bridgehead atoms. The van der Waals surface area contributed by atoms with Crippen molar-refractivity contribution in [2.45, 2.75) is 19.9 Å². The first-order valence-corrected chi connectivity index (χ1v) is 11.0. The molecule has 142 valence electrons. The molecular formula is C22H19NO3S2. The van der Waals surface area contributed by atoms with Gasteiger partial charge in [-0.2, -0.15) is 0 Å². The normalized spacial score (nSPS) is 17.3. The molecular weight excluding hydrogens is 390 g/mol. The number of nitrogens with zero attached hydrogens (tertiary/aromatic N) is 1. The third-order valence-electron chi connectivity index (χ3n) is 5.06. The molecule has 0 saturated carbocycles. The lowest BCUT2D eigenvalue weighted by Gasteiger charge is -2.30. The van der Waals surface area contributed by atoms with Crippen molar-refractivity contribution in [1.82, 2.24) is 4.90 Å². The van der Waals surface area contributed by atoms with E-state index in [-0.39, 0.29) is 5.78 Å². The maximum absolute atomic E-state index is 13.0. The lowest BCUT2D eigenvalue weighted by molar-refractivity contribution is 0.0951. The van der Waals surface area contributed by atoms with E-state index in [0.717, 1.165) is 41.3 Å². The minimum absolute atomic E-state index is 0.0422. The monoisotopic (exact) mass is 409 g/mol. The van der Waals surface area contributed by atoms with Gasteiger partial charge in [0.05, 0.1) is 11.1 Å². The fourth-order valence-corrected chi connectivity index (χ4v) is 4.99. The number of ketones is 1. The molecule has 6 heteroatoms. The second-order valence-corrected chi connectivity index (χ2v) is 9.00. The lowest BCUT2D eigenvalue weighted by Crippen LogP contribution is -2.33. The molecule has 0 fully saturated rings. The number of fused-ring (bicyclic) bond motifs is 3. The molecule has 0 atom stereocenters. The number of carbonyl (C=O) groups is 1. The van der Waals surface area contributed by atoms with E-state index in [1.807, 2.05) is 36.6 Å². The van der Waals surface area contributed by atoms with Crippen LogP contribution in [0.2, 0.25) is 0 Å². The molecule has 0 N–H and O–H groups in total. The Balaban J connectivity index is 1.43. The van der Waals surface area contributed by atoms with Gasteiger partial charge in [0.25, 0.3) is 0 Å². The molecule has 0 aliphatic carbocycles. The third-order valence-corrected chi connectivity index (χ3v) is 6.81. The maximum Gasteiger partial charge on any atom is 0.232 e. The number of ether oxygens (including phenoxy) is 2. The second kappa shape index (κ2) is 7.20. The standard InChI is InChI=1S/C22H19NO3S2/c1-14-10-18-17(12-23(13-25-18)7-6-15-4-2-8-27-15)22-20(14)21(24)19(26-22)11-16-5-3-9-28-16/h2-5,8-11H,6-7,12-13H2,1H3/b19-11-. The lowest BCUT2D eigenvalue weighted by atomic mass is 9.99. The number of carbonyl (C=O) groups excluding carboxylic acids is 1. The highest BCUT2D eigenvalue weighted by molar-refractivity contribution is 7.10. The van der Waals surface area contributed by atoms with Crippen LogP contribution in [0.15, 0.2) is 46.9 Å². The van der Waals surface area contributed by atoms with Gasteiger partial charge in [0, 0.05) is 28.9 Å². The Morgan fingerprint density at radius 3 is 2.86 bits per heavy atom. The van der Waals surface area contributed by atoms with Gasteiger partial charge >= 0.3 is 0 Å². The van der Waals surface area contributed by atoms with Crippen LogP contribution in [0.1, 0.15) is 31.2 Å². The summed E-state index contributed by atoms with van der Waals surface area (Å²) in [6.07, 6.45) is 2.82. The zero-order valence-electron chi connectivity index (χ0n) is 15.4. The molecule has 2 aliphatic heterocycles. The highest BCUT2D eigenvalue weighted by Crippen LogP contribution is 2.44. The van der Waals surface area contributed by atoms with Crippen LogP contribution >= 0.6 is 22.7 Å². The first-order valence-electron chi connectivity index (χ1n) is 9.21. The Morgan fingerprint density at radius 1 is 1.21 bits per heavy atom. The number of hydrogen-bond acceptors (Lipinski definition) is 6. The molecule has 0 radical (unpaired) electrons. The highest BCUT2D eigenvalue weighted by Gasteiger charge is 2.35. The van der Waals surface area contributed by atoms with Gasteiger partial charge in [-0.25, -0.2) is 0 Å². The van der Waals surface area contributed by atoms with Crippen LogP contribution in [0.5, 0.6) is 11.5 Å². The summed E-state index contributed by atoms with van der Waals surface area (Å²) in [5.41, 5.74) is 2.55. The maximum atomic E-state index is 13.0. The number of hydrogen-bond donors (Lipinski definition) is 0. The first-order chi connectivity index (χ1) is 13.7. The van der Waals surface area contributed by atoms with Crippen molar-refractivity contribution >= 4 is 34.5 Å². The second-order valence-electron chi connectivity index (χ2n) is 6.98. The van der Waals surface area contributed by atoms with Gasteiger partial charge in [0.2, 0.25) is 5.78 Å². The van der Waals surface area contributed by atoms with E-state index in [1.54, 1.807) is 22.7 Å². The molecule has 0 unspecified atom stereocenters. The van der Waals surface area contributed by atoms with E-state index in [4.69, 9.17) is 9.47 Å². The Morgan fingerprint density at radius 2 is 2.07 bits per heavy atom. The predicted octanol–water partition coefficient (Wildman–Crippen LogP) is 5.13. The van der Waals surface area contributed by atoms with Crippen LogP contribution in [0.4, 0.5) is 0 Å². The fourth-order valence-electron chi connectivity index (χ4n) is 3.65. The Kier molecular flexibility index (Phi) is 4.55. The van der Waals surface area contributed by atoms with E-state index >= 15 is 0 Å². The van der Waals surface area contributed by atoms with Crippen LogP contribution in [0.25, 0.3) is 6.08 Å². The van der Waals surface area contributed by atoms with Crippen molar-refractivity contribution in [2.24, 2.45) is 0 Å².